The highest BCUT2D eigenvalue weighted by atomic mass is 16.3. The molecule has 23 aromatic rings. The van der Waals surface area contributed by atoms with Crippen LogP contribution in [0.15, 0.2) is 289 Å². The minimum atomic E-state index is 0.545. The molecule has 26 rings (SSSR count). The highest BCUT2D eigenvalue weighted by molar-refractivity contribution is 6.42. The van der Waals surface area contributed by atoms with E-state index in [0.717, 1.165) is 242 Å². The second-order valence-corrected chi connectivity index (χ2v) is 27.8. The molecule has 7 heterocycles. The Morgan fingerprint density at radius 1 is 0.196 bits per heavy atom. The van der Waals surface area contributed by atoms with E-state index >= 15 is 0 Å². The molecule has 0 saturated heterocycles. The van der Waals surface area contributed by atoms with Crippen molar-refractivity contribution in [3.63, 3.8) is 0 Å². The van der Waals surface area contributed by atoms with Gasteiger partial charge in [0.05, 0.1) is 11.0 Å². The van der Waals surface area contributed by atoms with Crippen LogP contribution in [0.3, 0.4) is 0 Å². The molecule has 0 saturated carbocycles. The van der Waals surface area contributed by atoms with Crippen LogP contribution in [0.2, 0.25) is 0 Å². The summed E-state index contributed by atoms with van der Waals surface area (Å²) in [6.45, 7) is 0. The van der Waals surface area contributed by atoms with E-state index in [1.165, 1.54) is 10.9 Å². The third-order valence-electron chi connectivity index (χ3n) is 22.7. The third kappa shape index (κ3) is 6.44. The van der Waals surface area contributed by atoms with Gasteiger partial charge in [0.1, 0.15) is 55.8 Å². The van der Waals surface area contributed by atoms with Crippen LogP contribution < -0.4 is 0 Å². The summed E-state index contributed by atoms with van der Waals surface area (Å²) >= 11 is 0. The lowest BCUT2D eigenvalue weighted by molar-refractivity contribution is 0.668. The van der Waals surface area contributed by atoms with E-state index in [1.807, 2.05) is 36.4 Å². The summed E-state index contributed by atoms with van der Waals surface area (Å²) in [4.78, 5) is 15.8. The molecular weight excluding hydrogens is 1250 g/mol. The quantitative estimate of drug-likeness (QED) is 0.155. The Bertz CT molecular complexity index is 7880. The Morgan fingerprint density at radius 3 is 1.11 bits per heavy atom. The van der Waals surface area contributed by atoms with Crippen LogP contribution in [0.1, 0.15) is 0 Å². The molecule has 9 heteroatoms. The van der Waals surface area contributed by atoms with Crippen molar-refractivity contribution in [2.45, 2.75) is 0 Å². The second kappa shape index (κ2) is 18.3. The highest BCUT2D eigenvalue weighted by Gasteiger charge is 2.33. The van der Waals surface area contributed by atoms with Gasteiger partial charge >= 0.3 is 0 Å². The number of hydrogen-bond donors (Lipinski definition) is 0. The summed E-state index contributed by atoms with van der Waals surface area (Å²) < 4.78 is 37.7. The van der Waals surface area contributed by atoms with Crippen LogP contribution in [0, 0.1) is 0 Å². The van der Waals surface area contributed by atoms with Crippen LogP contribution in [0.5, 0.6) is 0 Å². The molecule has 0 fully saturated rings. The largest absolute Gasteiger partial charge is 0.456 e. The molecule has 16 aromatic carbocycles. The highest BCUT2D eigenvalue weighted by Crippen LogP contribution is 2.58. The van der Waals surface area contributed by atoms with Gasteiger partial charge in [0.2, 0.25) is 5.95 Å². The average Bonchev–Trinajstić information content (AvgIpc) is 1.53. The van der Waals surface area contributed by atoms with Crippen molar-refractivity contribution in [2.24, 2.45) is 0 Å². The van der Waals surface area contributed by atoms with E-state index in [-0.39, 0.29) is 0 Å². The molecule has 0 bridgehead atoms. The Kier molecular flexibility index (Phi) is 9.35. The van der Waals surface area contributed by atoms with Crippen molar-refractivity contribution in [3.8, 4) is 107 Å². The van der Waals surface area contributed by atoms with Gasteiger partial charge in [0.25, 0.3) is 0 Å². The molecule has 3 aliphatic carbocycles. The van der Waals surface area contributed by atoms with Crippen LogP contribution in [-0.2, 0) is 0 Å². The number of furan rings is 5. The number of aromatic nitrogens is 4. The molecule has 102 heavy (non-hydrogen) atoms. The number of rotatable bonds is 7. The van der Waals surface area contributed by atoms with Crippen molar-refractivity contribution in [1.82, 2.24) is 19.5 Å². The molecule has 466 valence electrons. The van der Waals surface area contributed by atoms with Crippen molar-refractivity contribution in [3.05, 3.63) is 267 Å². The van der Waals surface area contributed by atoms with E-state index in [0.29, 0.717) is 17.6 Å². The first-order valence-electron chi connectivity index (χ1n) is 34.6. The number of nitrogens with zero attached hydrogens (tertiary/aromatic N) is 4. The summed E-state index contributed by atoms with van der Waals surface area (Å²) in [5.74, 6) is 1.75. The van der Waals surface area contributed by atoms with Gasteiger partial charge in [-0.2, -0.15) is 9.97 Å². The summed E-state index contributed by atoms with van der Waals surface area (Å²) in [6.07, 6.45) is 0. The first-order chi connectivity index (χ1) is 50.5. The predicted molar refractivity (Wildman–Crippen MR) is 413 cm³/mol. The molecule has 0 spiro atoms. The van der Waals surface area contributed by atoms with Crippen LogP contribution >= 0.6 is 0 Å². The van der Waals surface area contributed by atoms with Gasteiger partial charge in [0.15, 0.2) is 11.6 Å². The van der Waals surface area contributed by atoms with E-state index in [9.17, 15) is 0 Å². The van der Waals surface area contributed by atoms with Gasteiger partial charge < -0.3 is 22.1 Å². The average molecular weight is 1300 g/mol. The topological polar surface area (TPSA) is 109 Å². The van der Waals surface area contributed by atoms with Gasteiger partial charge in [-0.3, -0.25) is 4.57 Å². The van der Waals surface area contributed by atoms with Crippen LogP contribution in [-0.4, -0.2) is 19.5 Å². The Hall–Kier alpha value is -13.9. The second-order valence-electron chi connectivity index (χ2n) is 27.8. The SMILES string of the molecule is c1ccc(-c2nc(-c3ccccc3)nc(-n3c4cccc5c4c4c6c(ccc43)cc(-c3cc4c7c(c3)oc3c(-c8cccc(-c9cccc(-c%10cc%11ccc%12oc%13cccc%14c%13c%12c%11c%11c%10oc%10cccc-%14c%10%11)c9)c8)cc8ccc9oc%10cccc-4c%10c9c8c37)c3oc4cccc-5c4c36)n2)cc1. The first kappa shape index (κ1) is 52.3. The zero-order valence-corrected chi connectivity index (χ0v) is 53.7. The van der Waals surface area contributed by atoms with Gasteiger partial charge in [0, 0.05) is 109 Å². The van der Waals surface area contributed by atoms with E-state index in [2.05, 4.69) is 235 Å². The Labute approximate surface area is 575 Å². The summed E-state index contributed by atoms with van der Waals surface area (Å²) in [5.41, 5.74) is 27.3. The van der Waals surface area contributed by atoms with Crippen LogP contribution in [0.25, 0.3) is 270 Å². The van der Waals surface area contributed by atoms with Gasteiger partial charge in [-0.1, -0.05) is 176 Å². The Morgan fingerprint density at radius 2 is 0.578 bits per heavy atom. The molecule has 7 aromatic heterocycles. The van der Waals surface area contributed by atoms with Gasteiger partial charge in [-0.25, -0.2) is 4.98 Å². The maximum atomic E-state index is 7.61. The summed E-state index contributed by atoms with van der Waals surface area (Å²) in [7, 11) is 0. The molecule has 0 N–H and O–H groups in total. The fourth-order valence-electron chi connectivity index (χ4n) is 18.6. The summed E-state index contributed by atoms with van der Waals surface area (Å²) in [5, 5.41) is 20.1. The molecule has 0 amide bonds. The van der Waals surface area contributed by atoms with Crippen LogP contribution in [0.4, 0.5) is 0 Å². The molecule has 0 atom stereocenters. The summed E-state index contributed by atoms with van der Waals surface area (Å²) in [6, 6.07) is 95.5. The number of hydrogen-bond acceptors (Lipinski definition) is 8. The molecule has 9 nitrogen and oxygen atoms in total. The zero-order valence-electron chi connectivity index (χ0n) is 53.7. The number of benzene rings is 16. The van der Waals surface area contributed by atoms with E-state index < -0.39 is 0 Å². The third-order valence-corrected chi connectivity index (χ3v) is 22.7. The van der Waals surface area contributed by atoms with Gasteiger partial charge in [-0.15, -0.1) is 0 Å². The first-order valence-corrected chi connectivity index (χ1v) is 34.6. The van der Waals surface area contributed by atoms with E-state index in [1.54, 1.807) is 0 Å². The van der Waals surface area contributed by atoms with E-state index in [4.69, 9.17) is 37.0 Å². The maximum absolute atomic E-state index is 7.61. The molecular formula is C93H44N4O5. The molecule has 3 aliphatic rings. The fraction of sp³-hybridized carbons (Fsp3) is 0. The standard InChI is InChI=1S/C93H44N4O5/c1-3-14-45(15-4-1)91-94-92(46-16-5-2-6-17-46)96-93(95-91)97-64-27-9-22-55-56-23-11-30-68-79(56)85-73-51(32-35-65(97)82(73)76(55)64)42-62(90(85)101-68)54-43-63-59-26-13-29-67-78(59)84-71(99-67)37-34-53-41-61(89-87(75(53)84)81(63)72(44-54)102-89)50-21-8-19-48(39-50)47-18-7-20-49(38-47)60-40-52-33-36-70-83-74(52)86-80-58(25-12-31-69(80)100-88(60)86)57-24-10-28-66(98-70)77(57)83/h1-44H. The minimum Gasteiger partial charge on any atom is -0.456 e. The smallest absolute Gasteiger partial charge is 0.238 e. The predicted octanol–water partition coefficient (Wildman–Crippen LogP) is 25.9. The lowest BCUT2D eigenvalue weighted by atomic mass is 9.90. The molecule has 0 unspecified atom stereocenters. The normalized spacial score (nSPS) is 12.9. The van der Waals surface area contributed by atoms with Crippen molar-refractivity contribution in [2.75, 3.05) is 0 Å². The van der Waals surface area contributed by atoms with Crippen molar-refractivity contribution < 1.29 is 22.1 Å². The fourth-order valence-corrected chi connectivity index (χ4v) is 18.6. The lowest BCUT2D eigenvalue weighted by Gasteiger charge is -2.13. The van der Waals surface area contributed by atoms with Gasteiger partial charge in [-0.05, 0) is 168 Å². The molecule has 0 aliphatic heterocycles. The molecule has 0 radical (unpaired) electrons. The maximum Gasteiger partial charge on any atom is 0.238 e. The monoisotopic (exact) mass is 1300 g/mol. The minimum absolute atomic E-state index is 0.545. The van der Waals surface area contributed by atoms with Crippen molar-refractivity contribution in [1.29, 1.82) is 0 Å². The number of fused-ring (bicyclic) bond motifs is 3. The lowest BCUT2D eigenvalue weighted by Crippen LogP contribution is -2.06. The van der Waals surface area contributed by atoms with Crippen molar-refractivity contribution >= 4 is 164 Å². The Balaban J connectivity index is 0.678. The zero-order chi connectivity index (χ0) is 65.6.